The molecule has 11 heteroatoms. The second kappa shape index (κ2) is 12.1. The van der Waals surface area contributed by atoms with Crippen LogP contribution in [0.4, 0.5) is 24.5 Å². The van der Waals surface area contributed by atoms with Crippen LogP contribution in [0.3, 0.4) is 0 Å². The van der Waals surface area contributed by atoms with Gasteiger partial charge in [0.05, 0.1) is 11.9 Å². The summed E-state index contributed by atoms with van der Waals surface area (Å²) in [6, 6.07) is 16.4. The third kappa shape index (κ3) is 8.73. The minimum absolute atomic E-state index is 0.219. The van der Waals surface area contributed by atoms with E-state index < -0.39 is 6.36 Å². The molecule has 0 bridgehead atoms. The molecule has 37 heavy (non-hydrogen) atoms. The van der Waals surface area contributed by atoms with Crippen molar-refractivity contribution in [3.8, 4) is 5.75 Å². The zero-order valence-electron chi connectivity index (χ0n) is 20.3. The van der Waals surface area contributed by atoms with Crippen LogP contribution in [0.2, 0.25) is 0 Å². The molecular weight excluding hydrogens is 501 g/mol. The van der Waals surface area contributed by atoms with Crippen molar-refractivity contribution in [3.05, 3.63) is 88.5 Å². The standard InChI is InChI=1S/C26H25F3N6OS/c1-16-12-17(2)23(18(3)13-16)34-25(37)35-33-14-19-4-6-20(7-5-19)24(30)32-15-31-21-8-10-22(11-9-21)36-26(27,28)29/h4-15H,1-3H3,(H2,30,31,32)(H2,34,35,37)/b33-14-. The van der Waals surface area contributed by atoms with Crippen LogP contribution in [0, 0.1) is 20.8 Å². The Morgan fingerprint density at radius 1 is 0.973 bits per heavy atom. The monoisotopic (exact) mass is 526 g/mol. The molecule has 0 unspecified atom stereocenters. The molecule has 0 aliphatic rings. The Labute approximate surface area is 218 Å². The first-order chi connectivity index (χ1) is 17.5. The van der Waals surface area contributed by atoms with Crippen LogP contribution in [0.5, 0.6) is 5.75 Å². The smallest absolute Gasteiger partial charge is 0.406 e. The molecular formula is C26H25F3N6OS. The summed E-state index contributed by atoms with van der Waals surface area (Å²) in [5.41, 5.74) is 15.0. The van der Waals surface area contributed by atoms with E-state index in [1.165, 1.54) is 24.0 Å². The summed E-state index contributed by atoms with van der Waals surface area (Å²) >= 11 is 5.33. The molecule has 0 amide bonds. The van der Waals surface area contributed by atoms with Gasteiger partial charge in [-0.05, 0) is 73.9 Å². The van der Waals surface area contributed by atoms with Gasteiger partial charge in [0, 0.05) is 11.3 Å². The van der Waals surface area contributed by atoms with E-state index in [-0.39, 0.29) is 11.6 Å². The predicted molar refractivity (Wildman–Crippen MR) is 146 cm³/mol. The van der Waals surface area contributed by atoms with E-state index in [2.05, 4.69) is 42.7 Å². The highest BCUT2D eigenvalue weighted by Gasteiger charge is 2.30. The van der Waals surface area contributed by atoms with Gasteiger partial charge in [-0.2, -0.15) is 5.10 Å². The molecule has 0 radical (unpaired) electrons. The number of alkyl halides is 3. The highest BCUT2D eigenvalue weighted by atomic mass is 32.1. The lowest BCUT2D eigenvalue weighted by Crippen LogP contribution is -2.24. The predicted octanol–water partition coefficient (Wildman–Crippen LogP) is 5.90. The molecule has 0 aromatic heterocycles. The lowest BCUT2D eigenvalue weighted by atomic mass is 10.1. The highest BCUT2D eigenvalue weighted by Crippen LogP contribution is 2.25. The number of halogens is 3. The first kappa shape index (κ1) is 27.3. The van der Waals surface area contributed by atoms with Crippen molar-refractivity contribution in [2.75, 3.05) is 5.32 Å². The summed E-state index contributed by atoms with van der Waals surface area (Å²) in [6.07, 6.45) is -1.90. The van der Waals surface area contributed by atoms with Gasteiger partial charge in [-0.1, -0.05) is 42.0 Å². The fraction of sp³-hybridized carbons (Fsp3) is 0.154. The van der Waals surface area contributed by atoms with Crippen molar-refractivity contribution >= 4 is 47.1 Å². The van der Waals surface area contributed by atoms with Crippen molar-refractivity contribution in [1.29, 1.82) is 0 Å². The summed E-state index contributed by atoms with van der Waals surface area (Å²) in [5.74, 6) is -0.112. The third-order valence-corrected chi connectivity index (χ3v) is 5.17. The number of aliphatic imine (C=N–C) groups is 2. The Morgan fingerprint density at radius 2 is 1.59 bits per heavy atom. The van der Waals surface area contributed by atoms with Crippen LogP contribution in [-0.2, 0) is 0 Å². The average molecular weight is 527 g/mol. The lowest BCUT2D eigenvalue weighted by Gasteiger charge is -2.13. The third-order valence-electron chi connectivity index (χ3n) is 4.98. The molecule has 0 saturated heterocycles. The number of hydrogen-bond acceptors (Lipinski definition) is 4. The Balaban J connectivity index is 1.53. The fourth-order valence-corrected chi connectivity index (χ4v) is 3.54. The van der Waals surface area contributed by atoms with Gasteiger partial charge in [0.2, 0.25) is 0 Å². The van der Waals surface area contributed by atoms with Crippen molar-refractivity contribution in [2.24, 2.45) is 20.8 Å². The van der Waals surface area contributed by atoms with Crippen molar-refractivity contribution in [2.45, 2.75) is 27.1 Å². The number of anilines is 1. The van der Waals surface area contributed by atoms with Gasteiger partial charge >= 0.3 is 6.36 Å². The number of thiocarbonyl (C=S) groups is 1. The van der Waals surface area contributed by atoms with Crippen LogP contribution in [0.15, 0.2) is 75.7 Å². The minimum atomic E-state index is -4.74. The molecule has 7 nitrogen and oxygen atoms in total. The number of hydrogen-bond donors (Lipinski definition) is 3. The maximum Gasteiger partial charge on any atom is 0.573 e. The molecule has 3 rings (SSSR count). The van der Waals surface area contributed by atoms with Crippen molar-refractivity contribution in [1.82, 2.24) is 5.43 Å². The van der Waals surface area contributed by atoms with Gasteiger partial charge in [0.25, 0.3) is 0 Å². The van der Waals surface area contributed by atoms with Crippen LogP contribution in [0.25, 0.3) is 0 Å². The van der Waals surface area contributed by atoms with Gasteiger partial charge in [0.15, 0.2) is 5.11 Å². The second-order valence-electron chi connectivity index (χ2n) is 8.02. The summed E-state index contributed by atoms with van der Waals surface area (Å²) in [6.45, 7) is 6.09. The number of rotatable bonds is 7. The van der Waals surface area contributed by atoms with E-state index in [4.69, 9.17) is 18.0 Å². The Bertz CT molecular complexity index is 1310. The number of aryl methyl sites for hydroxylation is 3. The largest absolute Gasteiger partial charge is 0.573 e. The van der Waals surface area contributed by atoms with Crippen LogP contribution < -0.4 is 21.2 Å². The molecule has 3 aromatic rings. The maximum absolute atomic E-state index is 12.2. The Hall–Kier alpha value is -4.25. The number of benzene rings is 3. The van der Waals surface area contributed by atoms with Crippen LogP contribution in [-0.4, -0.2) is 29.9 Å². The zero-order chi connectivity index (χ0) is 27.0. The van der Waals surface area contributed by atoms with Crippen LogP contribution >= 0.6 is 12.2 Å². The molecule has 0 saturated carbocycles. The normalized spacial score (nSPS) is 12.2. The van der Waals surface area contributed by atoms with Gasteiger partial charge < -0.3 is 15.8 Å². The fourth-order valence-electron chi connectivity index (χ4n) is 3.39. The number of nitrogens with two attached hydrogens (primary N) is 1. The molecule has 0 aliphatic carbocycles. The SMILES string of the molecule is Cc1cc(C)c(NC(=S)N/N=C\c2ccc(C(N)=NC=Nc3ccc(OC(F)(F)F)cc3)cc2)c(C)c1. The van der Waals surface area contributed by atoms with E-state index in [9.17, 15) is 13.2 Å². The molecule has 0 atom stereocenters. The molecule has 3 aromatic carbocycles. The summed E-state index contributed by atoms with van der Waals surface area (Å²) in [5, 5.41) is 7.71. The molecule has 0 fully saturated rings. The number of ether oxygens (including phenoxy) is 1. The van der Waals surface area contributed by atoms with Gasteiger partial charge in [-0.3, -0.25) is 5.43 Å². The number of nitrogens with zero attached hydrogens (tertiary/aromatic N) is 3. The Morgan fingerprint density at radius 3 is 2.19 bits per heavy atom. The van der Waals surface area contributed by atoms with Crippen LogP contribution in [0.1, 0.15) is 27.8 Å². The minimum Gasteiger partial charge on any atom is -0.406 e. The first-order valence-corrected chi connectivity index (χ1v) is 11.4. The molecule has 0 heterocycles. The van der Waals surface area contributed by atoms with Crippen molar-refractivity contribution < 1.29 is 17.9 Å². The molecule has 4 N–H and O–H groups in total. The number of hydrazone groups is 1. The summed E-state index contributed by atoms with van der Waals surface area (Å²) in [7, 11) is 0. The number of nitrogens with one attached hydrogen (secondary N) is 2. The highest BCUT2D eigenvalue weighted by molar-refractivity contribution is 7.80. The van der Waals surface area contributed by atoms with E-state index >= 15 is 0 Å². The van der Waals surface area contributed by atoms with Gasteiger partial charge in [-0.15, -0.1) is 13.2 Å². The average Bonchev–Trinajstić information content (AvgIpc) is 2.82. The molecule has 192 valence electrons. The molecule has 0 spiro atoms. The Kier molecular flexibility index (Phi) is 8.96. The first-order valence-electron chi connectivity index (χ1n) is 11.0. The zero-order valence-corrected chi connectivity index (χ0v) is 21.1. The van der Waals surface area contributed by atoms with E-state index in [1.54, 1.807) is 18.3 Å². The second-order valence-corrected chi connectivity index (χ2v) is 8.43. The summed E-state index contributed by atoms with van der Waals surface area (Å²) < 4.78 is 40.5. The molecule has 0 aliphatic heterocycles. The van der Waals surface area contributed by atoms with E-state index in [1.807, 2.05) is 32.9 Å². The van der Waals surface area contributed by atoms with Gasteiger partial charge in [0.1, 0.15) is 17.9 Å². The number of amidine groups is 1. The lowest BCUT2D eigenvalue weighted by molar-refractivity contribution is -0.274. The summed E-state index contributed by atoms with van der Waals surface area (Å²) in [4.78, 5) is 8.12. The topological polar surface area (TPSA) is 96.4 Å². The van der Waals surface area contributed by atoms with E-state index in [0.29, 0.717) is 16.4 Å². The van der Waals surface area contributed by atoms with E-state index in [0.717, 1.165) is 34.5 Å². The van der Waals surface area contributed by atoms with Gasteiger partial charge in [-0.25, -0.2) is 9.98 Å². The van der Waals surface area contributed by atoms with Crippen molar-refractivity contribution in [3.63, 3.8) is 0 Å². The quantitative estimate of drug-likeness (QED) is 0.154. The maximum atomic E-state index is 12.2.